The molecule has 2 amide bonds. The van der Waals surface area contributed by atoms with Crippen molar-refractivity contribution in [2.45, 2.75) is 6.42 Å². The lowest BCUT2D eigenvalue weighted by Crippen LogP contribution is -2.40. The van der Waals surface area contributed by atoms with Gasteiger partial charge >= 0.3 is 5.97 Å². The number of carbonyl (C=O) groups excluding carboxylic acids is 2. The Morgan fingerprint density at radius 1 is 1.23 bits per heavy atom. The van der Waals surface area contributed by atoms with Gasteiger partial charge in [-0.1, -0.05) is 23.8 Å². The predicted octanol–water partition coefficient (Wildman–Crippen LogP) is 2.20. The molecule has 5 aliphatic rings. The molecule has 3 fully saturated rings. The van der Waals surface area contributed by atoms with E-state index in [-0.39, 0.29) is 52.0 Å². The van der Waals surface area contributed by atoms with E-state index in [0.717, 1.165) is 11.4 Å². The average molecular weight is 431 g/mol. The van der Waals surface area contributed by atoms with Crippen molar-refractivity contribution in [1.82, 2.24) is 5.01 Å². The van der Waals surface area contributed by atoms with Crippen LogP contribution >= 0.6 is 11.6 Å². The first-order valence-corrected chi connectivity index (χ1v) is 10.1. The van der Waals surface area contributed by atoms with Crippen molar-refractivity contribution in [1.29, 1.82) is 0 Å². The molecule has 9 heteroatoms. The number of amides is 2. The van der Waals surface area contributed by atoms with E-state index in [1.54, 1.807) is 6.07 Å². The molecule has 0 spiro atoms. The molecule has 0 radical (unpaired) electrons. The van der Waals surface area contributed by atoms with Crippen LogP contribution in [0.25, 0.3) is 0 Å². The van der Waals surface area contributed by atoms with Crippen molar-refractivity contribution >= 4 is 35.6 Å². The van der Waals surface area contributed by atoms with E-state index in [2.05, 4.69) is 17.3 Å². The van der Waals surface area contributed by atoms with Gasteiger partial charge < -0.3 is 14.6 Å². The number of rotatable bonds is 6. The van der Waals surface area contributed by atoms with Gasteiger partial charge in [0.1, 0.15) is 0 Å². The van der Waals surface area contributed by atoms with Gasteiger partial charge in [-0.3, -0.25) is 9.59 Å². The average Bonchev–Trinajstić information content (AvgIpc) is 3.50. The SMILES string of the molecule is COc1cc(/C=N\N2C(=O)[C@@H]3[C@H]4C=C[C@@H]([C@@H]5C[C@H]45)[C@@H]3C2=O)cc(Cl)c1OCC(=O)O. The molecule has 30 heavy (non-hydrogen) atoms. The van der Waals surface area contributed by atoms with Crippen LogP contribution < -0.4 is 9.47 Å². The number of allylic oxidation sites excluding steroid dienone is 2. The quantitative estimate of drug-likeness (QED) is 0.421. The summed E-state index contributed by atoms with van der Waals surface area (Å²) in [6.07, 6.45) is 6.70. The van der Waals surface area contributed by atoms with Crippen LogP contribution in [0.2, 0.25) is 5.02 Å². The highest BCUT2D eigenvalue weighted by Crippen LogP contribution is 2.65. The standard InChI is InChI=1S/C21H19ClN2O6/c1-29-15-5-9(4-14(22)19(15)30-8-16(25)26)7-23-24-20(27)17-10-2-3-11(13-6-12(10)13)18(17)21(24)28/h2-5,7,10-13,17-18H,6,8H2,1H3,(H,25,26)/b23-7-/t10-,11-,12-,13+,17-,18+/m0/s1. The Hall–Kier alpha value is -2.87. The third-order valence-corrected chi connectivity index (χ3v) is 6.83. The number of hydrogen-bond acceptors (Lipinski definition) is 6. The molecule has 8 nitrogen and oxygen atoms in total. The van der Waals surface area contributed by atoms with Crippen molar-refractivity contribution < 1.29 is 29.0 Å². The molecule has 6 rings (SSSR count). The van der Waals surface area contributed by atoms with Crippen LogP contribution in [0.15, 0.2) is 29.4 Å². The van der Waals surface area contributed by atoms with Crippen LogP contribution in [-0.4, -0.2) is 47.8 Å². The maximum absolute atomic E-state index is 12.9. The number of halogens is 1. The molecule has 0 aromatic heterocycles. The number of methoxy groups -OCH3 is 1. The lowest BCUT2D eigenvalue weighted by Gasteiger charge is -2.37. The number of carbonyl (C=O) groups is 3. The van der Waals surface area contributed by atoms with Crippen molar-refractivity contribution in [3.05, 3.63) is 34.9 Å². The number of ether oxygens (including phenoxy) is 2. The van der Waals surface area contributed by atoms with E-state index in [1.165, 1.54) is 19.4 Å². The van der Waals surface area contributed by atoms with Gasteiger partial charge in [0, 0.05) is 0 Å². The number of benzene rings is 1. The Morgan fingerprint density at radius 2 is 1.87 bits per heavy atom. The van der Waals surface area contributed by atoms with Crippen LogP contribution in [0.5, 0.6) is 11.5 Å². The largest absolute Gasteiger partial charge is 0.493 e. The van der Waals surface area contributed by atoms with Crippen LogP contribution in [0.3, 0.4) is 0 Å². The first-order chi connectivity index (χ1) is 14.4. The third kappa shape index (κ3) is 2.81. The zero-order valence-corrected chi connectivity index (χ0v) is 16.8. The lowest BCUT2D eigenvalue weighted by molar-refractivity contribution is -0.141. The topological polar surface area (TPSA) is 106 Å². The molecular weight excluding hydrogens is 412 g/mol. The summed E-state index contributed by atoms with van der Waals surface area (Å²) in [5, 5.41) is 14.1. The molecule has 1 aromatic rings. The normalized spacial score (nSPS) is 33.1. The smallest absolute Gasteiger partial charge is 0.341 e. The van der Waals surface area contributed by atoms with Crippen LogP contribution in [0, 0.1) is 35.5 Å². The summed E-state index contributed by atoms with van der Waals surface area (Å²) in [6.45, 7) is -0.568. The fraction of sp³-hybridized carbons (Fsp3) is 0.429. The minimum absolute atomic E-state index is 0.0972. The van der Waals surface area contributed by atoms with Gasteiger partial charge in [-0.15, -0.1) is 0 Å². The number of aliphatic carboxylic acids is 1. The summed E-state index contributed by atoms with van der Waals surface area (Å²) in [7, 11) is 1.40. The van der Waals surface area contributed by atoms with Crippen molar-refractivity contribution in [2.75, 3.05) is 13.7 Å². The third-order valence-electron chi connectivity index (χ3n) is 6.55. The Bertz CT molecular complexity index is 985. The molecule has 1 heterocycles. The van der Waals surface area contributed by atoms with Crippen molar-refractivity contribution in [3.63, 3.8) is 0 Å². The molecule has 1 aliphatic heterocycles. The maximum atomic E-state index is 12.9. The summed E-state index contributed by atoms with van der Waals surface area (Å²) in [4.78, 5) is 36.6. The summed E-state index contributed by atoms with van der Waals surface area (Å²) in [5.74, 6) is -0.588. The second kappa shape index (κ2) is 6.84. The molecule has 1 aromatic carbocycles. The lowest BCUT2D eigenvalue weighted by atomic mass is 9.63. The molecule has 156 valence electrons. The van der Waals surface area contributed by atoms with Gasteiger partial charge in [0.2, 0.25) is 0 Å². The van der Waals surface area contributed by atoms with E-state index < -0.39 is 12.6 Å². The highest BCUT2D eigenvalue weighted by atomic mass is 35.5. The minimum atomic E-state index is -1.15. The summed E-state index contributed by atoms with van der Waals surface area (Å²) < 4.78 is 10.4. The van der Waals surface area contributed by atoms with E-state index >= 15 is 0 Å². The molecule has 4 aliphatic carbocycles. The zero-order chi connectivity index (χ0) is 21.2. The van der Waals surface area contributed by atoms with Gasteiger partial charge in [0.15, 0.2) is 18.1 Å². The van der Waals surface area contributed by atoms with E-state index in [1.807, 2.05) is 0 Å². The first-order valence-electron chi connectivity index (χ1n) is 9.73. The Kier molecular flexibility index (Phi) is 4.36. The molecule has 2 saturated carbocycles. The fourth-order valence-corrected chi connectivity index (χ4v) is 5.54. The van der Waals surface area contributed by atoms with Gasteiger partial charge in [0.05, 0.1) is 30.2 Å². The minimum Gasteiger partial charge on any atom is -0.493 e. The number of hydrogen-bond donors (Lipinski definition) is 1. The highest BCUT2D eigenvalue weighted by Gasteiger charge is 2.67. The molecule has 2 bridgehead atoms. The Labute approximate surface area is 177 Å². The van der Waals surface area contributed by atoms with Gasteiger partial charge in [-0.05, 0) is 47.8 Å². The molecule has 0 unspecified atom stereocenters. The highest BCUT2D eigenvalue weighted by molar-refractivity contribution is 6.32. The number of nitrogens with zero attached hydrogens (tertiary/aromatic N) is 2. The van der Waals surface area contributed by atoms with Crippen molar-refractivity contribution in [2.24, 2.45) is 40.6 Å². The van der Waals surface area contributed by atoms with E-state index in [9.17, 15) is 14.4 Å². The summed E-state index contributed by atoms with van der Waals surface area (Å²) in [5.41, 5.74) is 0.485. The number of imide groups is 1. The second-order valence-corrected chi connectivity index (χ2v) is 8.51. The molecule has 1 saturated heterocycles. The molecule has 6 atom stereocenters. The number of carboxylic acids is 1. The van der Waals surface area contributed by atoms with Crippen LogP contribution in [0.4, 0.5) is 0 Å². The number of carboxylic acid groups (broad SMARTS) is 1. The summed E-state index contributed by atoms with van der Waals surface area (Å²) in [6, 6.07) is 3.05. The number of hydrazone groups is 1. The Balaban J connectivity index is 1.38. The van der Waals surface area contributed by atoms with Gasteiger partial charge in [-0.25, -0.2) is 4.79 Å². The van der Waals surface area contributed by atoms with E-state index in [0.29, 0.717) is 17.4 Å². The van der Waals surface area contributed by atoms with Gasteiger partial charge in [-0.2, -0.15) is 10.1 Å². The van der Waals surface area contributed by atoms with Crippen LogP contribution in [-0.2, 0) is 14.4 Å². The monoisotopic (exact) mass is 430 g/mol. The molecular formula is C21H19ClN2O6. The summed E-state index contributed by atoms with van der Waals surface area (Å²) >= 11 is 6.20. The first kappa shape index (κ1) is 19.1. The fourth-order valence-electron chi connectivity index (χ4n) is 5.27. The predicted molar refractivity (Wildman–Crippen MR) is 105 cm³/mol. The Morgan fingerprint density at radius 3 is 2.43 bits per heavy atom. The van der Waals surface area contributed by atoms with E-state index in [4.69, 9.17) is 26.2 Å². The maximum Gasteiger partial charge on any atom is 0.341 e. The van der Waals surface area contributed by atoms with Gasteiger partial charge in [0.25, 0.3) is 11.8 Å². The van der Waals surface area contributed by atoms with Crippen LogP contribution in [0.1, 0.15) is 12.0 Å². The zero-order valence-electron chi connectivity index (χ0n) is 16.0. The van der Waals surface area contributed by atoms with Crippen molar-refractivity contribution in [3.8, 4) is 11.5 Å². The second-order valence-electron chi connectivity index (χ2n) is 8.10. The molecule has 1 N–H and O–H groups in total.